The fourth-order valence-corrected chi connectivity index (χ4v) is 4.74. The Morgan fingerprint density at radius 2 is 1.78 bits per heavy atom. The van der Waals surface area contributed by atoms with E-state index in [2.05, 4.69) is 40.6 Å². The van der Waals surface area contributed by atoms with Crippen LogP contribution in [0.4, 0.5) is 5.69 Å². The maximum atomic E-state index is 13.0. The molecular formula is C27H27N5O3S. The van der Waals surface area contributed by atoms with Gasteiger partial charge in [-0.2, -0.15) is 0 Å². The lowest BCUT2D eigenvalue weighted by atomic mass is 10.1. The molecule has 0 aliphatic carbocycles. The molecule has 4 rings (SSSR count). The van der Waals surface area contributed by atoms with Crippen molar-refractivity contribution in [1.29, 1.82) is 0 Å². The molecule has 184 valence electrons. The smallest absolute Gasteiger partial charge is 0.273 e. The van der Waals surface area contributed by atoms with Crippen molar-refractivity contribution in [1.82, 2.24) is 20.1 Å². The van der Waals surface area contributed by atoms with E-state index in [0.29, 0.717) is 16.5 Å². The summed E-state index contributed by atoms with van der Waals surface area (Å²) in [5.74, 6) is 0.873. The van der Waals surface area contributed by atoms with E-state index in [1.54, 1.807) is 30.8 Å². The van der Waals surface area contributed by atoms with Crippen molar-refractivity contribution < 1.29 is 9.72 Å². The Kier molecular flexibility index (Phi) is 7.49. The molecule has 0 saturated carbocycles. The Morgan fingerprint density at radius 1 is 1.03 bits per heavy atom. The van der Waals surface area contributed by atoms with E-state index in [-0.39, 0.29) is 11.3 Å². The van der Waals surface area contributed by atoms with Crippen molar-refractivity contribution in [2.24, 2.45) is 0 Å². The number of nitrogens with zero attached hydrogens (tertiary/aromatic N) is 4. The molecule has 0 aliphatic rings. The number of benzene rings is 3. The predicted octanol–water partition coefficient (Wildman–Crippen LogP) is 5.88. The van der Waals surface area contributed by atoms with Crippen LogP contribution in [0.25, 0.3) is 5.69 Å². The Hall–Kier alpha value is -3.98. The first-order valence-corrected chi connectivity index (χ1v) is 12.5. The van der Waals surface area contributed by atoms with E-state index in [1.165, 1.54) is 17.2 Å². The monoisotopic (exact) mass is 501 g/mol. The minimum absolute atomic E-state index is 0.0899. The van der Waals surface area contributed by atoms with E-state index in [4.69, 9.17) is 0 Å². The van der Waals surface area contributed by atoms with Gasteiger partial charge in [0, 0.05) is 28.6 Å². The topological polar surface area (TPSA) is 103 Å². The van der Waals surface area contributed by atoms with Gasteiger partial charge in [-0.25, -0.2) is 0 Å². The van der Waals surface area contributed by atoms with Crippen LogP contribution in [0.15, 0.2) is 71.9 Å². The van der Waals surface area contributed by atoms with Crippen LogP contribution in [0.5, 0.6) is 0 Å². The normalized spacial score (nSPS) is 11.8. The van der Waals surface area contributed by atoms with Crippen molar-refractivity contribution in [3.8, 4) is 5.69 Å². The number of nitrogens with one attached hydrogen (secondary N) is 1. The van der Waals surface area contributed by atoms with Crippen molar-refractivity contribution in [2.75, 3.05) is 0 Å². The molecule has 0 saturated heterocycles. The summed E-state index contributed by atoms with van der Waals surface area (Å²) in [7, 11) is 0. The minimum atomic E-state index is -0.500. The quantitative estimate of drug-likeness (QED) is 0.184. The highest BCUT2D eigenvalue weighted by atomic mass is 32.2. The summed E-state index contributed by atoms with van der Waals surface area (Å²) in [6, 6.07) is 20.3. The highest BCUT2D eigenvalue weighted by Gasteiger charge is 2.23. The molecule has 0 fully saturated rings. The number of carbonyl (C=O) groups is 1. The lowest BCUT2D eigenvalue weighted by Crippen LogP contribution is -2.28. The third kappa shape index (κ3) is 5.63. The molecule has 4 aromatic rings. The van der Waals surface area contributed by atoms with Crippen LogP contribution in [0.2, 0.25) is 0 Å². The SMILES string of the molecule is Cc1ccc(-n2c(SCc3cccc(C)c3)nnc2C(C)NC(=O)c2ccc(C)c([N+](=O)[O-])c2)cc1. The van der Waals surface area contributed by atoms with Crippen LogP contribution in [0.1, 0.15) is 51.4 Å². The van der Waals surface area contributed by atoms with Crippen LogP contribution in [-0.2, 0) is 5.75 Å². The molecule has 1 amide bonds. The molecule has 8 nitrogen and oxygen atoms in total. The summed E-state index contributed by atoms with van der Waals surface area (Å²) in [6.45, 7) is 7.55. The summed E-state index contributed by atoms with van der Waals surface area (Å²) < 4.78 is 1.95. The zero-order valence-electron chi connectivity index (χ0n) is 20.6. The number of thioether (sulfide) groups is 1. The largest absolute Gasteiger partial charge is 0.342 e. The average molecular weight is 502 g/mol. The van der Waals surface area contributed by atoms with Crippen LogP contribution in [-0.4, -0.2) is 25.6 Å². The highest BCUT2D eigenvalue weighted by Crippen LogP contribution is 2.28. The van der Waals surface area contributed by atoms with Gasteiger partial charge in [0.15, 0.2) is 11.0 Å². The van der Waals surface area contributed by atoms with Gasteiger partial charge in [0.1, 0.15) is 0 Å². The number of nitro benzene ring substituents is 1. The van der Waals surface area contributed by atoms with Crippen molar-refractivity contribution in [3.05, 3.63) is 110 Å². The second-order valence-electron chi connectivity index (χ2n) is 8.74. The highest BCUT2D eigenvalue weighted by molar-refractivity contribution is 7.98. The molecule has 0 aliphatic heterocycles. The number of aromatic nitrogens is 3. The number of rotatable bonds is 8. The number of amides is 1. The van der Waals surface area contributed by atoms with Crippen LogP contribution in [0.3, 0.4) is 0 Å². The first-order chi connectivity index (χ1) is 17.2. The fourth-order valence-electron chi connectivity index (χ4n) is 3.83. The summed E-state index contributed by atoms with van der Waals surface area (Å²) in [5.41, 5.74) is 5.02. The number of hydrogen-bond acceptors (Lipinski definition) is 6. The average Bonchev–Trinajstić information content (AvgIpc) is 3.27. The van der Waals surface area contributed by atoms with Crippen LogP contribution >= 0.6 is 11.8 Å². The van der Waals surface area contributed by atoms with E-state index >= 15 is 0 Å². The Labute approximate surface area is 213 Å². The Balaban J connectivity index is 1.62. The molecule has 0 bridgehead atoms. The van der Waals surface area contributed by atoms with Crippen molar-refractivity contribution in [2.45, 2.75) is 44.6 Å². The second kappa shape index (κ2) is 10.7. The first kappa shape index (κ1) is 25.1. The van der Waals surface area contributed by atoms with Gasteiger partial charge in [-0.1, -0.05) is 65.4 Å². The summed E-state index contributed by atoms with van der Waals surface area (Å²) in [6.07, 6.45) is 0. The lowest BCUT2D eigenvalue weighted by molar-refractivity contribution is -0.385. The molecular weight excluding hydrogens is 474 g/mol. The molecule has 9 heteroatoms. The number of aryl methyl sites for hydroxylation is 3. The maximum Gasteiger partial charge on any atom is 0.273 e. The molecule has 0 spiro atoms. The van der Waals surface area contributed by atoms with Gasteiger partial charge in [-0.15, -0.1) is 10.2 Å². The number of hydrogen-bond donors (Lipinski definition) is 1. The van der Waals surface area contributed by atoms with Crippen molar-refractivity contribution >= 4 is 23.4 Å². The van der Waals surface area contributed by atoms with E-state index < -0.39 is 16.9 Å². The lowest BCUT2D eigenvalue weighted by Gasteiger charge is -2.17. The van der Waals surface area contributed by atoms with Gasteiger partial charge in [0.2, 0.25) is 0 Å². The predicted molar refractivity (Wildman–Crippen MR) is 141 cm³/mol. The second-order valence-corrected chi connectivity index (χ2v) is 9.69. The molecule has 0 radical (unpaired) electrons. The van der Waals surface area contributed by atoms with Crippen molar-refractivity contribution in [3.63, 3.8) is 0 Å². The summed E-state index contributed by atoms with van der Waals surface area (Å²) >= 11 is 1.57. The van der Waals surface area contributed by atoms with E-state index in [0.717, 1.165) is 17.0 Å². The summed E-state index contributed by atoms with van der Waals surface area (Å²) in [4.78, 5) is 23.8. The zero-order valence-corrected chi connectivity index (χ0v) is 21.4. The van der Waals surface area contributed by atoms with Gasteiger partial charge < -0.3 is 5.32 Å². The molecule has 36 heavy (non-hydrogen) atoms. The molecule has 1 unspecified atom stereocenters. The molecule has 1 heterocycles. The minimum Gasteiger partial charge on any atom is -0.342 e. The molecule has 3 aromatic carbocycles. The number of carbonyl (C=O) groups excluding carboxylic acids is 1. The van der Waals surface area contributed by atoms with Crippen LogP contribution in [0, 0.1) is 30.9 Å². The third-order valence-corrected chi connectivity index (χ3v) is 6.80. The molecule has 1 N–H and O–H groups in total. The summed E-state index contributed by atoms with van der Waals surface area (Å²) in [5, 5.41) is 23.8. The third-order valence-electron chi connectivity index (χ3n) is 5.80. The molecule has 1 atom stereocenters. The fraction of sp³-hybridized carbons (Fsp3) is 0.222. The van der Waals surface area contributed by atoms with Gasteiger partial charge in [-0.3, -0.25) is 19.5 Å². The molecule has 1 aromatic heterocycles. The maximum absolute atomic E-state index is 13.0. The van der Waals surface area contributed by atoms with Crippen LogP contribution < -0.4 is 5.32 Å². The van der Waals surface area contributed by atoms with E-state index in [1.807, 2.05) is 48.7 Å². The standard InChI is InChI=1S/C27H27N5O3S/c1-17-8-12-23(13-9-17)31-25(29-30-27(31)36-16-21-7-5-6-18(2)14-21)20(4)28-26(33)22-11-10-19(3)24(15-22)32(34)35/h5-15,20H,16H2,1-4H3,(H,28,33). The van der Waals surface area contributed by atoms with Gasteiger partial charge in [-0.05, 0) is 51.5 Å². The first-order valence-electron chi connectivity index (χ1n) is 11.5. The Bertz CT molecular complexity index is 1420. The van der Waals surface area contributed by atoms with Gasteiger partial charge >= 0.3 is 0 Å². The Morgan fingerprint density at radius 3 is 2.47 bits per heavy atom. The number of nitro groups is 1. The van der Waals surface area contributed by atoms with Gasteiger partial charge in [0.05, 0.1) is 11.0 Å². The van der Waals surface area contributed by atoms with Gasteiger partial charge in [0.25, 0.3) is 11.6 Å². The zero-order chi connectivity index (χ0) is 25.8. The van der Waals surface area contributed by atoms with E-state index in [9.17, 15) is 14.9 Å².